The molecule has 90 valence electrons. The van der Waals surface area contributed by atoms with Crippen molar-refractivity contribution in [2.75, 3.05) is 0 Å². The minimum atomic E-state index is 0.197. The summed E-state index contributed by atoms with van der Waals surface area (Å²) >= 11 is 7.04. The molecule has 3 N–H and O–H groups in total. The van der Waals surface area contributed by atoms with E-state index in [-0.39, 0.29) is 6.04 Å². The number of rotatable bonds is 5. The minimum absolute atomic E-state index is 0.197. The van der Waals surface area contributed by atoms with E-state index >= 15 is 0 Å². The van der Waals surface area contributed by atoms with Crippen LogP contribution in [0, 0.1) is 5.92 Å². The van der Waals surface area contributed by atoms with Crippen molar-refractivity contribution >= 4 is 31.9 Å². The van der Waals surface area contributed by atoms with Gasteiger partial charge in [0.25, 0.3) is 0 Å². The Balaban J connectivity index is 2.94. The van der Waals surface area contributed by atoms with Crippen LogP contribution in [-0.4, -0.2) is 0 Å². The average molecular weight is 350 g/mol. The Morgan fingerprint density at radius 1 is 1.38 bits per heavy atom. The van der Waals surface area contributed by atoms with E-state index in [2.05, 4.69) is 63.3 Å². The van der Waals surface area contributed by atoms with Crippen molar-refractivity contribution < 1.29 is 0 Å². The second-order valence-corrected chi connectivity index (χ2v) is 5.85. The minimum Gasteiger partial charge on any atom is -0.271 e. The van der Waals surface area contributed by atoms with Gasteiger partial charge in [0.2, 0.25) is 0 Å². The van der Waals surface area contributed by atoms with E-state index in [0.29, 0.717) is 5.92 Å². The summed E-state index contributed by atoms with van der Waals surface area (Å²) in [7, 11) is 0. The fraction of sp³-hybridized carbons (Fsp3) is 0.500. The molecule has 0 bridgehead atoms. The highest BCUT2D eigenvalue weighted by molar-refractivity contribution is 9.11. The van der Waals surface area contributed by atoms with Gasteiger partial charge in [-0.3, -0.25) is 11.3 Å². The maximum atomic E-state index is 5.66. The van der Waals surface area contributed by atoms with Crippen LogP contribution >= 0.6 is 31.9 Å². The van der Waals surface area contributed by atoms with Gasteiger partial charge in [-0.25, -0.2) is 0 Å². The fourth-order valence-electron chi connectivity index (χ4n) is 1.94. The maximum Gasteiger partial charge on any atom is 0.0496 e. The first kappa shape index (κ1) is 14.2. The van der Waals surface area contributed by atoms with Crippen molar-refractivity contribution in [2.24, 2.45) is 11.8 Å². The van der Waals surface area contributed by atoms with Crippen LogP contribution in [0.2, 0.25) is 0 Å². The molecule has 0 aliphatic carbocycles. The molecule has 2 atom stereocenters. The van der Waals surface area contributed by atoms with Crippen molar-refractivity contribution in [3.05, 3.63) is 32.7 Å². The number of hydrogen-bond acceptors (Lipinski definition) is 2. The number of nitrogens with one attached hydrogen (secondary N) is 1. The first-order chi connectivity index (χ1) is 7.60. The third-order valence-electron chi connectivity index (χ3n) is 2.79. The Hall–Kier alpha value is 0.1000. The summed E-state index contributed by atoms with van der Waals surface area (Å²) in [5.41, 5.74) is 4.13. The lowest BCUT2D eigenvalue weighted by Crippen LogP contribution is -2.32. The van der Waals surface area contributed by atoms with Crippen LogP contribution in [0.25, 0.3) is 0 Å². The molecule has 0 saturated heterocycles. The largest absolute Gasteiger partial charge is 0.271 e. The molecule has 0 saturated carbocycles. The van der Waals surface area contributed by atoms with Gasteiger partial charge in [-0.05, 0) is 30.0 Å². The van der Waals surface area contributed by atoms with E-state index in [1.165, 1.54) is 12.0 Å². The van der Waals surface area contributed by atoms with E-state index in [1.54, 1.807) is 0 Å². The summed E-state index contributed by atoms with van der Waals surface area (Å²) in [5, 5.41) is 0. The molecule has 2 nitrogen and oxygen atoms in total. The summed E-state index contributed by atoms with van der Waals surface area (Å²) < 4.78 is 2.16. The van der Waals surface area contributed by atoms with Crippen LogP contribution in [0.4, 0.5) is 0 Å². The Labute approximate surface area is 114 Å². The summed E-state index contributed by atoms with van der Waals surface area (Å²) in [6.07, 6.45) is 2.34. The molecule has 0 aromatic heterocycles. The van der Waals surface area contributed by atoms with E-state index in [4.69, 9.17) is 5.84 Å². The summed E-state index contributed by atoms with van der Waals surface area (Å²) in [4.78, 5) is 0. The molecular formula is C12H18Br2N2. The van der Waals surface area contributed by atoms with E-state index in [1.807, 2.05) is 6.07 Å². The lowest BCUT2D eigenvalue weighted by molar-refractivity contribution is 0.367. The van der Waals surface area contributed by atoms with Gasteiger partial charge in [-0.1, -0.05) is 58.2 Å². The van der Waals surface area contributed by atoms with Crippen LogP contribution in [-0.2, 0) is 0 Å². The van der Waals surface area contributed by atoms with E-state index < -0.39 is 0 Å². The zero-order valence-electron chi connectivity index (χ0n) is 9.63. The van der Waals surface area contributed by atoms with E-state index in [0.717, 1.165) is 15.4 Å². The standard InChI is InChI=1S/C12H18Br2N2/c1-3-4-8(2)12(16-15)10-6-5-9(13)7-11(10)14/h5-8,12,16H,3-4,15H2,1-2H3. The zero-order valence-corrected chi connectivity index (χ0v) is 12.8. The van der Waals surface area contributed by atoms with Crippen molar-refractivity contribution in [2.45, 2.75) is 32.7 Å². The Morgan fingerprint density at radius 2 is 2.06 bits per heavy atom. The maximum absolute atomic E-state index is 5.66. The third kappa shape index (κ3) is 3.55. The van der Waals surface area contributed by atoms with Crippen LogP contribution in [0.5, 0.6) is 0 Å². The lowest BCUT2D eigenvalue weighted by Gasteiger charge is -2.24. The molecule has 4 heteroatoms. The number of benzene rings is 1. The van der Waals surface area contributed by atoms with Crippen molar-refractivity contribution in [1.82, 2.24) is 5.43 Å². The second-order valence-electron chi connectivity index (χ2n) is 4.08. The van der Waals surface area contributed by atoms with E-state index in [9.17, 15) is 0 Å². The van der Waals surface area contributed by atoms with Gasteiger partial charge in [0.15, 0.2) is 0 Å². The number of nitrogens with two attached hydrogens (primary N) is 1. The monoisotopic (exact) mass is 348 g/mol. The highest BCUT2D eigenvalue weighted by Gasteiger charge is 2.19. The third-order valence-corrected chi connectivity index (χ3v) is 3.97. The lowest BCUT2D eigenvalue weighted by atomic mass is 9.91. The smallest absolute Gasteiger partial charge is 0.0496 e. The first-order valence-electron chi connectivity index (χ1n) is 5.51. The van der Waals surface area contributed by atoms with Gasteiger partial charge in [0.05, 0.1) is 0 Å². The first-order valence-corrected chi connectivity index (χ1v) is 7.09. The van der Waals surface area contributed by atoms with Gasteiger partial charge in [0, 0.05) is 15.0 Å². The van der Waals surface area contributed by atoms with Crippen molar-refractivity contribution in [3.8, 4) is 0 Å². The Bertz CT molecular complexity index is 342. The summed E-state index contributed by atoms with van der Waals surface area (Å²) in [5.74, 6) is 6.18. The molecule has 0 amide bonds. The molecule has 0 aliphatic rings. The van der Waals surface area contributed by atoms with Crippen molar-refractivity contribution in [1.29, 1.82) is 0 Å². The van der Waals surface area contributed by atoms with Gasteiger partial charge in [-0.2, -0.15) is 0 Å². The number of halogens is 2. The normalized spacial score (nSPS) is 14.8. The zero-order chi connectivity index (χ0) is 12.1. The Kier molecular flexibility index (Phi) is 5.97. The predicted octanol–water partition coefficient (Wildman–Crippen LogP) is 4.15. The SMILES string of the molecule is CCCC(C)C(NN)c1ccc(Br)cc1Br. The molecule has 0 spiro atoms. The molecule has 0 fully saturated rings. The molecule has 2 unspecified atom stereocenters. The quantitative estimate of drug-likeness (QED) is 0.619. The number of hydrazine groups is 1. The van der Waals surface area contributed by atoms with Crippen LogP contribution < -0.4 is 11.3 Å². The molecule has 16 heavy (non-hydrogen) atoms. The number of hydrogen-bond donors (Lipinski definition) is 2. The molecule has 1 rings (SSSR count). The molecular weight excluding hydrogens is 332 g/mol. The van der Waals surface area contributed by atoms with Crippen LogP contribution in [0.1, 0.15) is 38.3 Å². The van der Waals surface area contributed by atoms with Crippen LogP contribution in [0.3, 0.4) is 0 Å². The summed E-state index contributed by atoms with van der Waals surface area (Å²) in [6.45, 7) is 4.42. The van der Waals surface area contributed by atoms with Gasteiger partial charge < -0.3 is 0 Å². The Morgan fingerprint density at radius 3 is 2.56 bits per heavy atom. The highest BCUT2D eigenvalue weighted by atomic mass is 79.9. The van der Waals surface area contributed by atoms with Gasteiger partial charge in [-0.15, -0.1) is 0 Å². The van der Waals surface area contributed by atoms with Crippen molar-refractivity contribution in [3.63, 3.8) is 0 Å². The second kappa shape index (κ2) is 6.74. The molecule has 1 aromatic carbocycles. The molecule has 0 heterocycles. The molecule has 1 aromatic rings. The average Bonchev–Trinajstić information content (AvgIpc) is 2.22. The fourth-order valence-corrected chi connectivity index (χ4v) is 3.23. The van der Waals surface area contributed by atoms with Crippen LogP contribution in [0.15, 0.2) is 27.1 Å². The highest BCUT2D eigenvalue weighted by Crippen LogP contribution is 2.32. The van der Waals surface area contributed by atoms with Gasteiger partial charge >= 0.3 is 0 Å². The predicted molar refractivity (Wildman–Crippen MR) is 76.0 cm³/mol. The topological polar surface area (TPSA) is 38.0 Å². The molecule has 0 aliphatic heterocycles. The summed E-state index contributed by atoms with van der Waals surface area (Å²) in [6, 6.07) is 6.40. The van der Waals surface area contributed by atoms with Gasteiger partial charge in [0.1, 0.15) is 0 Å². The molecule has 0 radical (unpaired) electrons.